The molecule has 2 saturated heterocycles. The van der Waals surface area contributed by atoms with E-state index in [1.54, 1.807) is 13.8 Å². The summed E-state index contributed by atoms with van der Waals surface area (Å²) in [7, 11) is 0. The molecule has 0 aliphatic carbocycles. The summed E-state index contributed by atoms with van der Waals surface area (Å²) in [5.41, 5.74) is 8.20. The molecule has 0 aromatic heterocycles. The number of rotatable bonds is 2. The maximum Gasteiger partial charge on any atom is 0.184 e. The van der Waals surface area contributed by atoms with Gasteiger partial charge in [-0.3, -0.25) is 0 Å². The molecule has 2 heterocycles. The third-order valence-corrected chi connectivity index (χ3v) is 2.45. The molecule has 84 valence electrons. The van der Waals surface area contributed by atoms with Gasteiger partial charge in [-0.15, -0.1) is 0 Å². The number of aliphatic hydroxyl groups excluding tert-OH is 1. The minimum absolute atomic E-state index is 0.133. The lowest BCUT2D eigenvalue weighted by Crippen LogP contribution is -2.31. The zero-order chi connectivity index (χ0) is 11.1. The highest BCUT2D eigenvalue weighted by Gasteiger charge is 2.54. The van der Waals surface area contributed by atoms with E-state index in [4.69, 9.17) is 19.7 Å². The molecule has 4 atom stereocenters. The molecule has 0 aromatic carbocycles. The van der Waals surface area contributed by atoms with Crippen molar-refractivity contribution in [2.75, 3.05) is 6.54 Å². The first kappa shape index (κ1) is 10.7. The molecule has 2 aliphatic heterocycles. The number of nitrogens with zero attached hydrogens (tertiary/aromatic N) is 3. The predicted molar refractivity (Wildman–Crippen MR) is 48.7 cm³/mol. The van der Waals surface area contributed by atoms with E-state index in [1.807, 2.05) is 0 Å². The van der Waals surface area contributed by atoms with Crippen LogP contribution in [0.2, 0.25) is 0 Å². The molecule has 0 spiro atoms. The number of azide groups is 1. The van der Waals surface area contributed by atoms with Crippen LogP contribution in [0.3, 0.4) is 0 Å². The van der Waals surface area contributed by atoms with E-state index in [1.165, 1.54) is 0 Å². The van der Waals surface area contributed by atoms with E-state index in [2.05, 4.69) is 10.0 Å². The Kier molecular flexibility index (Phi) is 2.57. The van der Waals surface area contributed by atoms with Gasteiger partial charge in [0.05, 0.1) is 12.6 Å². The number of ether oxygens (including phenoxy) is 3. The van der Waals surface area contributed by atoms with Crippen molar-refractivity contribution < 1.29 is 19.3 Å². The predicted octanol–water partition coefficient (Wildman–Crippen LogP) is 0.534. The number of aliphatic hydroxyl groups is 1. The van der Waals surface area contributed by atoms with Crippen LogP contribution >= 0.6 is 0 Å². The molecule has 1 N–H and O–H groups in total. The van der Waals surface area contributed by atoms with E-state index in [0.29, 0.717) is 0 Å². The van der Waals surface area contributed by atoms with Crippen molar-refractivity contribution in [2.45, 2.75) is 44.2 Å². The van der Waals surface area contributed by atoms with Gasteiger partial charge in [0.15, 0.2) is 12.1 Å². The molecule has 0 aromatic rings. The molecule has 0 saturated carbocycles. The summed E-state index contributed by atoms with van der Waals surface area (Å²) in [5.74, 6) is -0.727. The lowest BCUT2D eigenvalue weighted by molar-refractivity contribution is -0.218. The average Bonchev–Trinajstić information content (AvgIpc) is 2.60. The minimum atomic E-state index is -1.02. The summed E-state index contributed by atoms with van der Waals surface area (Å²) in [6.07, 6.45) is -2.34. The summed E-state index contributed by atoms with van der Waals surface area (Å²) in [4.78, 5) is 2.64. The van der Waals surface area contributed by atoms with E-state index in [0.717, 1.165) is 0 Å². The van der Waals surface area contributed by atoms with Gasteiger partial charge >= 0.3 is 0 Å². The van der Waals surface area contributed by atoms with Crippen molar-refractivity contribution in [3.63, 3.8) is 0 Å². The molecular formula is C8H13N3O4. The summed E-state index contributed by atoms with van der Waals surface area (Å²) >= 11 is 0. The summed E-state index contributed by atoms with van der Waals surface area (Å²) < 4.78 is 16.2. The van der Waals surface area contributed by atoms with Crippen LogP contribution in [-0.2, 0) is 14.2 Å². The second-order valence-electron chi connectivity index (χ2n) is 4.04. The normalized spacial score (nSPS) is 42.3. The standard InChI is InChI=1S/C8H13N3O4/c1-8(2)14-5-4(3-10-11-9)13-7(12)6(5)15-8/h4-7,12H,3H2,1-2H3. The molecule has 0 amide bonds. The first-order chi connectivity index (χ1) is 7.03. The first-order valence-electron chi connectivity index (χ1n) is 4.73. The van der Waals surface area contributed by atoms with Gasteiger partial charge in [-0.05, 0) is 19.4 Å². The Morgan fingerprint density at radius 1 is 1.40 bits per heavy atom. The summed E-state index contributed by atoms with van der Waals surface area (Å²) in [6, 6.07) is 0. The second-order valence-corrected chi connectivity index (χ2v) is 4.04. The number of fused-ring (bicyclic) bond motifs is 1. The molecule has 15 heavy (non-hydrogen) atoms. The van der Waals surface area contributed by atoms with Crippen molar-refractivity contribution in [3.8, 4) is 0 Å². The lowest BCUT2D eigenvalue weighted by Gasteiger charge is -2.21. The fraction of sp³-hybridized carbons (Fsp3) is 1.00. The Morgan fingerprint density at radius 2 is 2.07 bits per heavy atom. The third-order valence-electron chi connectivity index (χ3n) is 2.45. The van der Waals surface area contributed by atoms with Gasteiger partial charge in [0, 0.05) is 4.91 Å². The van der Waals surface area contributed by atoms with Crippen LogP contribution in [-0.4, -0.2) is 42.0 Å². The fourth-order valence-corrected chi connectivity index (χ4v) is 1.92. The highest BCUT2D eigenvalue weighted by atomic mass is 16.8. The van der Waals surface area contributed by atoms with Crippen molar-refractivity contribution in [1.82, 2.24) is 0 Å². The van der Waals surface area contributed by atoms with Crippen LogP contribution in [0.15, 0.2) is 5.11 Å². The molecular weight excluding hydrogens is 202 g/mol. The van der Waals surface area contributed by atoms with Gasteiger partial charge in [-0.1, -0.05) is 5.11 Å². The lowest BCUT2D eigenvalue weighted by atomic mass is 10.1. The Bertz CT molecular complexity index is 302. The van der Waals surface area contributed by atoms with Crippen LogP contribution in [0.25, 0.3) is 10.4 Å². The Labute approximate surface area is 86.6 Å². The number of hydrogen-bond acceptors (Lipinski definition) is 5. The zero-order valence-electron chi connectivity index (χ0n) is 8.53. The summed E-state index contributed by atoms with van der Waals surface area (Å²) in [5, 5.41) is 12.9. The van der Waals surface area contributed by atoms with Gasteiger partial charge < -0.3 is 19.3 Å². The van der Waals surface area contributed by atoms with Crippen LogP contribution < -0.4 is 0 Å². The van der Waals surface area contributed by atoms with Gasteiger partial charge in [-0.2, -0.15) is 0 Å². The smallest absolute Gasteiger partial charge is 0.184 e. The molecule has 2 aliphatic rings. The monoisotopic (exact) mass is 215 g/mol. The highest BCUT2D eigenvalue weighted by molar-refractivity contribution is 4.95. The second kappa shape index (κ2) is 3.62. The SMILES string of the molecule is CC1(C)OC2C(O)OC(CN=[N+]=[N-])C2O1. The molecule has 2 rings (SSSR count). The van der Waals surface area contributed by atoms with E-state index >= 15 is 0 Å². The van der Waals surface area contributed by atoms with E-state index in [9.17, 15) is 5.11 Å². The molecule has 7 heteroatoms. The highest BCUT2D eigenvalue weighted by Crippen LogP contribution is 2.37. The average molecular weight is 215 g/mol. The van der Waals surface area contributed by atoms with Gasteiger partial charge in [0.25, 0.3) is 0 Å². The quantitative estimate of drug-likeness (QED) is 0.413. The largest absolute Gasteiger partial charge is 0.366 e. The van der Waals surface area contributed by atoms with Crippen molar-refractivity contribution in [3.05, 3.63) is 10.4 Å². The van der Waals surface area contributed by atoms with Crippen molar-refractivity contribution in [2.24, 2.45) is 5.11 Å². The molecule has 0 radical (unpaired) electrons. The number of hydrogen-bond donors (Lipinski definition) is 1. The van der Waals surface area contributed by atoms with Crippen LogP contribution in [0.1, 0.15) is 13.8 Å². The molecule has 0 bridgehead atoms. The van der Waals surface area contributed by atoms with Gasteiger partial charge in [-0.25, -0.2) is 0 Å². The topological polar surface area (TPSA) is 96.7 Å². The summed E-state index contributed by atoms with van der Waals surface area (Å²) in [6.45, 7) is 3.67. The van der Waals surface area contributed by atoms with Crippen LogP contribution in [0.5, 0.6) is 0 Å². The van der Waals surface area contributed by atoms with Gasteiger partial charge in [0.1, 0.15) is 12.2 Å². The van der Waals surface area contributed by atoms with Crippen LogP contribution in [0.4, 0.5) is 0 Å². The Balaban J connectivity index is 2.08. The van der Waals surface area contributed by atoms with Crippen molar-refractivity contribution in [1.29, 1.82) is 0 Å². The third kappa shape index (κ3) is 1.92. The van der Waals surface area contributed by atoms with E-state index < -0.39 is 24.3 Å². The molecule has 2 fully saturated rings. The minimum Gasteiger partial charge on any atom is -0.366 e. The molecule has 4 unspecified atom stereocenters. The molecule has 7 nitrogen and oxygen atoms in total. The fourth-order valence-electron chi connectivity index (χ4n) is 1.92. The van der Waals surface area contributed by atoms with Crippen LogP contribution in [0, 0.1) is 0 Å². The Hall–Kier alpha value is -0.850. The van der Waals surface area contributed by atoms with Crippen molar-refractivity contribution >= 4 is 0 Å². The van der Waals surface area contributed by atoms with E-state index in [-0.39, 0.29) is 12.6 Å². The Morgan fingerprint density at radius 3 is 2.73 bits per heavy atom. The first-order valence-corrected chi connectivity index (χ1v) is 4.73. The zero-order valence-corrected chi connectivity index (χ0v) is 8.53. The maximum absolute atomic E-state index is 9.54. The van der Waals surface area contributed by atoms with Gasteiger partial charge in [0.2, 0.25) is 0 Å². The maximum atomic E-state index is 9.54.